The molecule has 0 aliphatic heterocycles. The highest BCUT2D eigenvalue weighted by Gasteiger charge is 2.09. The number of nitrogens with zero attached hydrogens (tertiary/aromatic N) is 3. The van der Waals surface area contributed by atoms with E-state index in [1.165, 1.54) is 17.3 Å². The van der Waals surface area contributed by atoms with Crippen LogP contribution in [0.3, 0.4) is 0 Å². The second-order valence-corrected chi connectivity index (χ2v) is 5.79. The van der Waals surface area contributed by atoms with Gasteiger partial charge in [-0.25, -0.2) is 4.39 Å². The molecule has 2 aromatic rings. The molecule has 0 saturated heterocycles. The Hall–Kier alpha value is -1.64. The monoisotopic (exact) mass is 459 g/mol. The number of aryl methyl sites for hydroxylation is 2. The lowest BCUT2D eigenvalue weighted by Gasteiger charge is -2.12. The van der Waals surface area contributed by atoms with E-state index in [0.29, 0.717) is 18.5 Å². The summed E-state index contributed by atoms with van der Waals surface area (Å²) in [6, 6.07) is 6.85. The maximum absolute atomic E-state index is 13.6. The van der Waals surface area contributed by atoms with Gasteiger partial charge in [-0.15, -0.1) is 24.0 Å². The van der Waals surface area contributed by atoms with E-state index in [1.807, 2.05) is 24.7 Å². The zero-order valence-corrected chi connectivity index (χ0v) is 17.6. The van der Waals surface area contributed by atoms with Crippen molar-refractivity contribution in [2.45, 2.75) is 26.7 Å². The van der Waals surface area contributed by atoms with Crippen molar-refractivity contribution in [3.8, 4) is 0 Å². The second-order valence-electron chi connectivity index (χ2n) is 5.79. The first kappa shape index (κ1) is 21.4. The Kier molecular flexibility index (Phi) is 8.88. The molecule has 0 aliphatic carbocycles. The minimum Gasteiger partial charge on any atom is -0.356 e. The van der Waals surface area contributed by atoms with Crippen LogP contribution in [0.1, 0.15) is 22.5 Å². The zero-order valence-electron chi connectivity index (χ0n) is 15.3. The Morgan fingerprint density at radius 2 is 1.80 bits per heavy atom. The topological polar surface area (TPSA) is 54.2 Å². The molecule has 2 N–H and O–H groups in total. The minimum atomic E-state index is -0.162. The second kappa shape index (κ2) is 10.4. The SMILES string of the molecule is CN=C(NCCc1ccccc1F)NCCc1c(C)nn(C)c1C.I. The summed E-state index contributed by atoms with van der Waals surface area (Å²) in [5, 5.41) is 10.9. The average Bonchev–Trinajstić information content (AvgIpc) is 2.81. The highest BCUT2D eigenvalue weighted by atomic mass is 127. The standard InChI is InChI=1S/C18H26FN5.HI/c1-13-16(14(2)24(4)23-13)10-12-22-18(20-3)21-11-9-15-7-5-6-8-17(15)19;/h5-8H,9-12H2,1-4H3,(H2,20,21,22);1H. The van der Waals surface area contributed by atoms with Crippen LogP contribution in [0.25, 0.3) is 0 Å². The summed E-state index contributed by atoms with van der Waals surface area (Å²) in [6.07, 6.45) is 1.51. The third-order valence-electron chi connectivity index (χ3n) is 4.19. The fourth-order valence-electron chi connectivity index (χ4n) is 2.72. The molecule has 0 fully saturated rings. The number of hydrogen-bond acceptors (Lipinski definition) is 2. The minimum absolute atomic E-state index is 0. The summed E-state index contributed by atoms with van der Waals surface area (Å²) in [4.78, 5) is 4.20. The van der Waals surface area contributed by atoms with E-state index in [0.717, 1.165) is 24.6 Å². The highest BCUT2D eigenvalue weighted by Crippen LogP contribution is 2.11. The molecule has 1 heterocycles. The molecule has 0 atom stereocenters. The molecule has 1 aromatic carbocycles. The molecule has 0 spiro atoms. The molecular formula is C18H27FIN5. The first-order valence-electron chi connectivity index (χ1n) is 8.20. The molecule has 1 aromatic heterocycles. The van der Waals surface area contributed by atoms with Crippen LogP contribution in [0.2, 0.25) is 0 Å². The van der Waals surface area contributed by atoms with E-state index < -0.39 is 0 Å². The number of aliphatic imine (C=N–C) groups is 1. The molecule has 0 saturated carbocycles. The van der Waals surface area contributed by atoms with Gasteiger partial charge >= 0.3 is 0 Å². The quantitative estimate of drug-likeness (QED) is 0.397. The molecule has 7 heteroatoms. The van der Waals surface area contributed by atoms with Gasteiger partial charge in [-0.2, -0.15) is 5.10 Å². The first-order chi connectivity index (χ1) is 11.5. The maximum Gasteiger partial charge on any atom is 0.190 e. The Morgan fingerprint density at radius 3 is 2.36 bits per heavy atom. The van der Waals surface area contributed by atoms with Crippen molar-refractivity contribution in [2.75, 3.05) is 20.1 Å². The largest absolute Gasteiger partial charge is 0.356 e. The van der Waals surface area contributed by atoms with Gasteiger partial charge in [0.05, 0.1) is 5.69 Å². The van der Waals surface area contributed by atoms with Crippen LogP contribution in [0.5, 0.6) is 0 Å². The molecule has 0 aliphatic rings. The van der Waals surface area contributed by atoms with E-state index in [4.69, 9.17) is 0 Å². The summed E-state index contributed by atoms with van der Waals surface area (Å²) < 4.78 is 15.5. The van der Waals surface area contributed by atoms with Crippen molar-refractivity contribution in [3.63, 3.8) is 0 Å². The molecule has 2 rings (SSSR count). The molecule has 5 nitrogen and oxygen atoms in total. The van der Waals surface area contributed by atoms with Crippen molar-refractivity contribution < 1.29 is 4.39 Å². The van der Waals surface area contributed by atoms with Crippen LogP contribution >= 0.6 is 24.0 Å². The van der Waals surface area contributed by atoms with Crippen molar-refractivity contribution in [1.29, 1.82) is 0 Å². The Labute approximate surface area is 166 Å². The number of aromatic nitrogens is 2. The molecule has 0 amide bonds. The van der Waals surface area contributed by atoms with Gasteiger partial charge in [0, 0.05) is 32.9 Å². The van der Waals surface area contributed by atoms with E-state index in [1.54, 1.807) is 19.2 Å². The van der Waals surface area contributed by atoms with Crippen molar-refractivity contribution in [2.24, 2.45) is 12.0 Å². The maximum atomic E-state index is 13.6. The number of rotatable bonds is 6. The summed E-state index contributed by atoms with van der Waals surface area (Å²) in [7, 11) is 3.70. The third kappa shape index (κ3) is 5.98. The predicted molar refractivity (Wildman–Crippen MR) is 111 cm³/mol. The molecule has 25 heavy (non-hydrogen) atoms. The van der Waals surface area contributed by atoms with Gasteiger partial charge in [0.2, 0.25) is 0 Å². The van der Waals surface area contributed by atoms with Gasteiger partial charge in [-0.05, 0) is 43.9 Å². The van der Waals surface area contributed by atoms with E-state index >= 15 is 0 Å². The van der Waals surface area contributed by atoms with Gasteiger partial charge in [-0.3, -0.25) is 9.67 Å². The lowest BCUT2D eigenvalue weighted by atomic mass is 10.1. The molecule has 138 valence electrons. The van der Waals surface area contributed by atoms with Crippen molar-refractivity contribution >= 4 is 29.9 Å². The lowest BCUT2D eigenvalue weighted by Crippen LogP contribution is -2.39. The number of nitrogens with one attached hydrogen (secondary N) is 2. The van der Waals surface area contributed by atoms with Crippen LogP contribution in [0, 0.1) is 19.7 Å². The third-order valence-corrected chi connectivity index (χ3v) is 4.19. The van der Waals surface area contributed by atoms with Gasteiger partial charge in [-0.1, -0.05) is 18.2 Å². The van der Waals surface area contributed by atoms with Crippen molar-refractivity contribution in [1.82, 2.24) is 20.4 Å². The van der Waals surface area contributed by atoms with Crippen LogP contribution < -0.4 is 10.6 Å². The summed E-state index contributed by atoms with van der Waals surface area (Å²) in [5.41, 5.74) is 4.24. The van der Waals surface area contributed by atoms with Gasteiger partial charge in [0.1, 0.15) is 5.82 Å². The smallest absolute Gasteiger partial charge is 0.190 e. The molecular weight excluding hydrogens is 432 g/mol. The van der Waals surface area contributed by atoms with Crippen LogP contribution in [0.4, 0.5) is 4.39 Å². The van der Waals surface area contributed by atoms with Gasteiger partial charge in [0.25, 0.3) is 0 Å². The molecule has 0 radical (unpaired) electrons. The van der Waals surface area contributed by atoms with Gasteiger partial charge < -0.3 is 10.6 Å². The van der Waals surface area contributed by atoms with E-state index in [2.05, 4.69) is 27.6 Å². The van der Waals surface area contributed by atoms with Crippen LogP contribution in [-0.2, 0) is 19.9 Å². The number of benzene rings is 1. The van der Waals surface area contributed by atoms with Crippen LogP contribution in [0.15, 0.2) is 29.3 Å². The Balaban J connectivity index is 0.00000312. The Morgan fingerprint density at radius 1 is 1.16 bits per heavy atom. The zero-order chi connectivity index (χ0) is 17.5. The molecule has 0 unspecified atom stereocenters. The van der Waals surface area contributed by atoms with E-state index in [9.17, 15) is 4.39 Å². The van der Waals surface area contributed by atoms with E-state index in [-0.39, 0.29) is 29.8 Å². The molecule has 0 bridgehead atoms. The number of guanidine groups is 1. The summed E-state index contributed by atoms with van der Waals surface area (Å²) in [5.74, 6) is 0.565. The fraction of sp³-hybridized carbons (Fsp3) is 0.444. The predicted octanol–water partition coefficient (Wildman–Crippen LogP) is 2.74. The van der Waals surface area contributed by atoms with Gasteiger partial charge in [0.15, 0.2) is 5.96 Å². The van der Waals surface area contributed by atoms with Crippen molar-refractivity contribution in [3.05, 3.63) is 52.6 Å². The average molecular weight is 459 g/mol. The lowest BCUT2D eigenvalue weighted by molar-refractivity contribution is 0.606. The fourth-order valence-corrected chi connectivity index (χ4v) is 2.72. The number of hydrogen-bond donors (Lipinski definition) is 2. The Bertz CT molecular complexity index is 711. The highest BCUT2D eigenvalue weighted by molar-refractivity contribution is 14.0. The summed E-state index contributed by atoms with van der Waals surface area (Å²) >= 11 is 0. The number of halogens is 2. The summed E-state index contributed by atoms with van der Waals surface area (Å²) in [6.45, 7) is 5.51. The van der Waals surface area contributed by atoms with Crippen LogP contribution in [-0.4, -0.2) is 35.9 Å². The normalized spacial score (nSPS) is 11.2. The first-order valence-corrected chi connectivity index (χ1v) is 8.20.